The van der Waals surface area contributed by atoms with Gasteiger partial charge in [-0.3, -0.25) is 0 Å². The quantitative estimate of drug-likeness (QED) is 0.712. The summed E-state index contributed by atoms with van der Waals surface area (Å²) in [6.45, 7) is 3.90. The monoisotopic (exact) mass is 337 g/mol. The molecule has 4 bridgehead atoms. The molecular formula is C20H20ClN3. The molecule has 0 fully saturated rings. The zero-order valence-electron chi connectivity index (χ0n) is 13.8. The highest BCUT2D eigenvalue weighted by molar-refractivity contribution is 6.44. The van der Waals surface area contributed by atoms with Crippen molar-refractivity contribution in [1.82, 2.24) is 0 Å². The molecule has 0 saturated heterocycles. The number of benzene rings is 2. The molecule has 2 N–H and O–H groups in total. The van der Waals surface area contributed by atoms with E-state index in [2.05, 4.69) is 47.1 Å². The second-order valence-corrected chi connectivity index (χ2v) is 6.05. The molecule has 2 aromatic rings. The average molecular weight is 338 g/mol. The molecule has 0 aromatic heterocycles. The fraction of sp³-hybridized carbons (Fsp3) is 0.150. The number of hydrogen-bond acceptors (Lipinski definition) is 3. The first-order chi connectivity index (χ1) is 11.6. The molecule has 0 aliphatic carbocycles. The molecule has 1 unspecified atom stereocenters. The molecule has 1 heterocycles. The first-order valence-electron chi connectivity index (χ1n) is 7.96. The first-order valence-corrected chi connectivity index (χ1v) is 8.33. The van der Waals surface area contributed by atoms with Crippen molar-refractivity contribution >= 4 is 41.0 Å². The van der Waals surface area contributed by atoms with E-state index < -0.39 is 0 Å². The molecule has 1 aliphatic heterocycles. The molecule has 0 saturated carbocycles. The van der Waals surface area contributed by atoms with E-state index in [0.717, 1.165) is 22.5 Å². The van der Waals surface area contributed by atoms with Crippen LogP contribution in [0.25, 0.3) is 12.2 Å². The third kappa shape index (κ3) is 4.06. The van der Waals surface area contributed by atoms with Crippen molar-refractivity contribution in [1.29, 1.82) is 0 Å². The lowest BCUT2D eigenvalue weighted by atomic mass is 10.1. The van der Waals surface area contributed by atoms with Gasteiger partial charge in [-0.1, -0.05) is 54.1 Å². The highest BCUT2D eigenvalue weighted by atomic mass is 35.5. The highest BCUT2D eigenvalue weighted by Gasteiger charge is 2.09. The van der Waals surface area contributed by atoms with Crippen LogP contribution < -0.4 is 10.6 Å². The van der Waals surface area contributed by atoms with Gasteiger partial charge in [-0.05, 0) is 49.2 Å². The number of anilines is 2. The summed E-state index contributed by atoms with van der Waals surface area (Å²) >= 11 is 6.34. The largest absolute Gasteiger partial charge is 0.364 e. The van der Waals surface area contributed by atoms with Crippen LogP contribution in [0.5, 0.6) is 0 Å². The van der Waals surface area contributed by atoms with Crippen LogP contribution in [0.15, 0.2) is 64.6 Å². The molecule has 3 nitrogen and oxygen atoms in total. The van der Waals surface area contributed by atoms with Crippen molar-refractivity contribution in [3.05, 3.63) is 70.8 Å². The summed E-state index contributed by atoms with van der Waals surface area (Å²) in [5.74, 6) is 0.649. The van der Waals surface area contributed by atoms with E-state index in [9.17, 15) is 0 Å². The number of aliphatic imine (C=N–C) groups is 1. The van der Waals surface area contributed by atoms with E-state index in [-0.39, 0.29) is 6.17 Å². The van der Waals surface area contributed by atoms with Crippen molar-refractivity contribution in [2.24, 2.45) is 4.99 Å². The Bertz CT molecular complexity index is 821. The van der Waals surface area contributed by atoms with E-state index in [1.54, 1.807) is 0 Å². The summed E-state index contributed by atoms with van der Waals surface area (Å²) in [6, 6.07) is 16.4. The number of rotatable bonds is 1. The number of fused-ring (bicyclic) bond motifs is 4. The van der Waals surface area contributed by atoms with Crippen LogP contribution in [-0.4, -0.2) is 12.0 Å². The van der Waals surface area contributed by atoms with Gasteiger partial charge in [-0.15, -0.1) is 0 Å². The first kappa shape index (κ1) is 16.3. The van der Waals surface area contributed by atoms with E-state index in [4.69, 9.17) is 16.6 Å². The maximum Gasteiger partial charge on any atom is 0.146 e. The Morgan fingerprint density at radius 2 is 1.67 bits per heavy atom. The smallest absolute Gasteiger partial charge is 0.146 e. The van der Waals surface area contributed by atoms with Gasteiger partial charge in [0, 0.05) is 11.4 Å². The summed E-state index contributed by atoms with van der Waals surface area (Å²) in [6.07, 6.45) is 5.92. The summed E-state index contributed by atoms with van der Waals surface area (Å²) in [4.78, 5) is 4.69. The minimum atomic E-state index is -0.121. The Hall–Kier alpha value is -2.52. The fourth-order valence-corrected chi connectivity index (χ4v) is 2.63. The van der Waals surface area contributed by atoms with Gasteiger partial charge in [-0.2, -0.15) is 0 Å². The number of amidine groups is 1. The van der Waals surface area contributed by atoms with Crippen molar-refractivity contribution in [2.75, 3.05) is 10.6 Å². The average Bonchev–Trinajstić information content (AvgIpc) is 2.59. The molecule has 24 heavy (non-hydrogen) atoms. The SMILES string of the molecule is C/C=C(Cl)\C1=N/C(C)Nc2cccc(c2)/C=C\c2cccc(c2)N1. The molecule has 122 valence electrons. The summed E-state index contributed by atoms with van der Waals surface area (Å²) in [5.41, 5.74) is 4.23. The van der Waals surface area contributed by atoms with Crippen molar-refractivity contribution in [2.45, 2.75) is 20.0 Å². The fourth-order valence-electron chi connectivity index (χ4n) is 2.54. The Morgan fingerprint density at radius 1 is 1.04 bits per heavy atom. The summed E-state index contributed by atoms with van der Waals surface area (Å²) in [5, 5.41) is 7.30. The third-order valence-corrected chi connectivity index (χ3v) is 4.08. The lowest BCUT2D eigenvalue weighted by Crippen LogP contribution is -2.20. The zero-order valence-corrected chi connectivity index (χ0v) is 14.5. The van der Waals surface area contributed by atoms with E-state index in [1.165, 1.54) is 0 Å². The molecule has 0 amide bonds. The predicted octanol–water partition coefficient (Wildman–Crippen LogP) is 5.58. The van der Waals surface area contributed by atoms with Crippen molar-refractivity contribution < 1.29 is 0 Å². The third-order valence-electron chi connectivity index (χ3n) is 3.68. The molecule has 1 atom stereocenters. The van der Waals surface area contributed by atoms with Crippen LogP contribution in [0.3, 0.4) is 0 Å². The maximum atomic E-state index is 6.34. The van der Waals surface area contributed by atoms with Gasteiger partial charge >= 0.3 is 0 Å². The van der Waals surface area contributed by atoms with Gasteiger partial charge in [0.1, 0.15) is 12.0 Å². The van der Waals surface area contributed by atoms with Gasteiger partial charge in [0.05, 0.1) is 5.03 Å². The number of allylic oxidation sites excluding steroid dienone is 1. The second-order valence-electron chi connectivity index (χ2n) is 5.64. The summed E-state index contributed by atoms with van der Waals surface area (Å²) in [7, 11) is 0. The Labute approximate surface area is 147 Å². The molecule has 0 spiro atoms. The van der Waals surface area contributed by atoms with Crippen molar-refractivity contribution in [3.8, 4) is 0 Å². The minimum Gasteiger partial charge on any atom is -0.364 e. The number of nitrogens with one attached hydrogen (secondary N) is 2. The number of nitrogens with zero attached hydrogens (tertiary/aromatic N) is 1. The number of halogens is 1. The molecule has 2 aromatic carbocycles. The lowest BCUT2D eigenvalue weighted by Gasteiger charge is -2.15. The molecule has 3 rings (SSSR count). The summed E-state index contributed by atoms with van der Waals surface area (Å²) < 4.78 is 0. The molecular weight excluding hydrogens is 318 g/mol. The van der Waals surface area contributed by atoms with Gasteiger partial charge in [0.15, 0.2) is 0 Å². The second kappa shape index (κ2) is 7.37. The number of hydrogen-bond donors (Lipinski definition) is 2. The van der Waals surface area contributed by atoms with Crippen LogP contribution in [-0.2, 0) is 0 Å². The van der Waals surface area contributed by atoms with E-state index in [0.29, 0.717) is 10.9 Å². The zero-order chi connectivity index (χ0) is 16.9. The van der Waals surface area contributed by atoms with E-state index >= 15 is 0 Å². The highest BCUT2D eigenvalue weighted by Crippen LogP contribution is 2.19. The topological polar surface area (TPSA) is 36.4 Å². The van der Waals surface area contributed by atoms with Gasteiger partial charge in [0.25, 0.3) is 0 Å². The minimum absolute atomic E-state index is 0.121. The Morgan fingerprint density at radius 3 is 2.33 bits per heavy atom. The van der Waals surface area contributed by atoms with Crippen LogP contribution in [0.4, 0.5) is 11.4 Å². The van der Waals surface area contributed by atoms with Gasteiger partial charge < -0.3 is 10.6 Å². The van der Waals surface area contributed by atoms with Gasteiger partial charge in [0.2, 0.25) is 0 Å². The van der Waals surface area contributed by atoms with Gasteiger partial charge in [-0.25, -0.2) is 4.99 Å². The molecule has 4 heteroatoms. The van der Waals surface area contributed by atoms with Crippen LogP contribution in [0.2, 0.25) is 0 Å². The Kier molecular flexibility index (Phi) is 5.02. The van der Waals surface area contributed by atoms with Crippen LogP contribution in [0, 0.1) is 0 Å². The van der Waals surface area contributed by atoms with E-state index in [1.807, 2.05) is 44.2 Å². The lowest BCUT2D eigenvalue weighted by molar-refractivity contribution is 0.853. The van der Waals surface area contributed by atoms with Crippen LogP contribution >= 0.6 is 11.6 Å². The molecule has 0 radical (unpaired) electrons. The maximum absolute atomic E-state index is 6.34. The van der Waals surface area contributed by atoms with Crippen molar-refractivity contribution in [3.63, 3.8) is 0 Å². The predicted molar refractivity (Wildman–Crippen MR) is 106 cm³/mol. The Balaban J connectivity index is 2.09. The normalized spacial score (nSPS) is 21.0. The standard InChI is InChI=1S/C20H20ClN3/c1-3-19(21)20-23-14(2)22-17-8-4-6-15(12-17)10-11-16-7-5-9-18(13-16)24-20/h3-14,22H,1-2H3,(H,23,24)/b11-10-,19-3+. The molecule has 1 aliphatic rings. The van der Waals surface area contributed by atoms with Crippen LogP contribution in [0.1, 0.15) is 25.0 Å².